The highest BCUT2D eigenvalue weighted by atomic mass is 16.4. The molecule has 0 saturated carbocycles. The van der Waals surface area contributed by atoms with Crippen molar-refractivity contribution >= 4 is 22.6 Å². The molecule has 5 heteroatoms. The molecule has 5 nitrogen and oxygen atoms in total. The number of hydrogen-bond acceptors (Lipinski definition) is 4. The minimum atomic E-state index is -0.966. The standard InChI is InChI=1S/C13H15N3O2/c14-6-3-7-15-12-10-5-2-1-4-9(10)11(8-16-12)13(17)18/h1-2,4-5,8H,3,6-7,14H2,(H,15,16)(H,17,18). The average molecular weight is 245 g/mol. The number of pyridine rings is 1. The van der Waals surface area contributed by atoms with Crippen molar-refractivity contribution in [3.05, 3.63) is 36.0 Å². The maximum absolute atomic E-state index is 11.1. The number of nitrogens with two attached hydrogens (primary N) is 1. The molecule has 0 amide bonds. The van der Waals surface area contributed by atoms with Crippen molar-refractivity contribution in [3.63, 3.8) is 0 Å². The van der Waals surface area contributed by atoms with E-state index in [9.17, 15) is 4.79 Å². The van der Waals surface area contributed by atoms with E-state index in [4.69, 9.17) is 10.8 Å². The third-order valence-electron chi connectivity index (χ3n) is 2.70. The smallest absolute Gasteiger partial charge is 0.337 e. The summed E-state index contributed by atoms with van der Waals surface area (Å²) in [6.07, 6.45) is 2.23. The highest BCUT2D eigenvalue weighted by molar-refractivity contribution is 6.06. The van der Waals surface area contributed by atoms with Crippen molar-refractivity contribution in [1.82, 2.24) is 4.98 Å². The Kier molecular flexibility index (Phi) is 3.74. The molecule has 0 saturated heterocycles. The van der Waals surface area contributed by atoms with Gasteiger partial charge >= 0.3 is 5.97 Å². The molecule has 0 atom stereocenters. The largest absolute Gasteiger partial charge is 0.478 e. The van der Waals surface area contributed by atoms with Crippen LogP contribution in [0.5, 0.6) is 0 Å². The number of aromatic nitrogens is 1. The van der Waals surface area contributed by atoms with Gasteiger partial charge in [-0.1, -0.05) is 24.3 Å². The van der Waals surface area contributed by atoms with E-state index >= 15 is 0 Å². The van der Waals surface area contributed by atoms with Gasteiger partial charge in [0.1, 0.15) is 5.82 Å². The van der Waals surface area contributed by atoms with E-state index in [1.54, 1.807) is 6.07 Å². The van der Waals surface area contributed by atoms with Crippen LogP contribution in [-0.4, -0.2) is 29.1 Å². The predicted octanol–water partition coefficient (Wildman–Crippen LogP) is 1.69. The summed E-state index contributed by atoms with van der Waals surface area (Å²) in [7, 11) is 0. The minimum absolute atomic E-state index is 0.218. The second kappa shape index (κ2) is 5.46. The molecule has 0 spiro atoms. The van der Waals surface area contributed by atoms with Crippen molar-refractivity contribution in [2.24, 2.45) is 5.73 Å². The van der Waals surface area contributed by atoms with E-state index in [-0.39, 0.29) is 5.56 Å². The molecule has 0 aliphatic rings. The van der Waals surface area contributed by atoms with Crippen LogP contribution >= 0.6 is 0 Å². The molecule has 4 N–H and O–H groups in total. The fraction of sp³-hybridized carbons (Fsp3) is 0.231. The van der Waals surface area contributed by atoms with Crippen molar-refractivity contribution in [2.75, 3.05) is 18.4 Å². The molecule has 0 fully saturated rings. The summed E-state index contributed by atoms with van der Waals surface area (Å²) < 4.78 is 0. The van der Waals surface area contributed by atoms with Gasteiger partial charge < -0.3 is 16.2 Å². The molecule has 0 bridgehead atoms. The molecule has 0 aliphatic heterocycles. The summed E-state index contributed by atoms with van der Waals surface area (Å²) in [6, 6.07) is 7.33. The van der Waals surface area contributed by atoms with E-state index < -0.39 is 5.97 Å². The summed E-state index contributed by atoms with van der Waals surface area (Å²) >= 11 is 0. The van der Waals surface area contributed by atoms with Gasteiger partial charge in [-0.2, -0.15) is 0 Å². The molecule has 94 valence electrons. The molecule has 1 aromatic carbocycles. The van der Waals surface area contributed by atoms with Gasteiger partial charge in [0.2, 0.25) is 0 Å². The van der Waals surface area contributed by atoms with Crippen LogP contribution in [0.15, 0.2) is 30.5 Å². The summed E-state index contributed by atoms with van der Waals surface area (Å²) in [4.78, 5) is 15.3. The number of rotatable bonds is 5. The number of hydrogen-bond donors (Lipinski definition) is 3. The van der Waals surface area contributed by atoms with Crippen molar-refractivity contribution < 1.29 is 9.90 Å². The lowest BCUT2D eigenvalue weighted by molar-refractivity contribution is 0.0698. The Bertz CT molecular complexity index is 569. The van der Waals surface area contributed by atoms with Crippen LogP contribution in [-0.2, 0) is 0 Å². The second-order valence-electron chi connectivity index (χ2n) is 3.94. The fourth-order valence-corrected chi connectivity index (χ4v) is 1.81. The highest BCUT2D eigenvalue weighted by Crippen LogP contribution is 2.24. The number of nitrogens with zero attached hydrogens (tertiary/aromatic N) is 1. The molecular formula is C13H15N3O2. The van der Waals surface area contributed by atoms with Crippen molar-refractivity contribution in [1.29, 1.82) is 0 Å². The number of fused-ring (bicyclic) bond motifs is 1. The fourth-order valence-electron chi connectivity index (χ4n) is 1.81. The Labute approximate surface area is 105 Å². The molecule has 1 heterocycles. The number of carboxylic acids is 1. The summed E-state index contributed by atoms with van der Waals surface area (Å²) in [5, 5.41) is 13.8. The molecular weight excluding hydrogens is 230 g/mol. The first kappa shape index (κ1) is 12.3. The van der Waals surface area contributed by atoms with Gasteiger partial charge in [-0.3, -0.25) is 0 Å². The maximum atomic E-state index is 11.1. The van der Waals surface area contributed by atoms with Gasteiger partial charge in [0, 0.05) is 23.5 Å². The van der Waals surface area contributed by atoms with E-state index in [0.717, 1.165) is 18.4 Å². The second-order valence-corrected chi connectivity index (χ2v) is 3.94. The first-order valence-electron chi connectivity index (χ1n) is 5.79. The lowest BCUT2D eigenvalue weighted by atomic mass is 10.1. The normalized spacial score (nSPS) is 10.5. The van der Waals surface area contributed by atoms with E-state index in [0.29, 0.717) is 17.7 Å². The van der Waals surface area contributed by atoms with E-state index in [2.05, 4.69) is 10.3 Å². The van der Waals surface area contributed by atoms with Crippen LogP contribution in [0.3, 0.4) is 0 Å². The van der Waals surface area contributed by atoms with Gasteiger partial charge in [-0.05, 0) is 13.0 Å². The lowest BCUT2D eigenvalue weighted by Crippen LogP contribution is -2.10. The molecule has 2 aromatic rings. The Hall–Kier alpha value is -2.14. The Morgan fingerprint density at radius 3 is 2.72 bits per heavy atom. The highest BCUT2D eigenvalue weighted by Gasteiger charge is 2.11. The zero-order valence-electron chi connectivity index (χ0n) is 9.89. The first-order chi connectivity index (χ1) is 8.74. The Morgan fingerprint density at radius 2 is 2.06 bits per heavy atom. The maximum Gasteiger partial charge on any atom is 0.337 e. The average Bonchev–Trinajstić information content (AvgIpc) is 2.38. The molecule has 0 aliphatic carbocycles. The molecule has 1 aromatic heterocycles. The van der Waals surface area contributed by atoms with Gasteiger partial charge in [-0.25, -0.2) is 9.78 Å². The number of anilines is 1. The quantitative estimate of drug-likeness (QED) is 0.698. The first-order valence-corrected chi connectivity index (χ1v) is 5.79. The molecule has 18 heavy (non-hydrogen) atoms. The zero-order chi connectivity index (χ0) is 13.0. The van der Waals surface area contributed by atoms with E-state index in [1.807, 2.05) is 18.2 Å². The molecule has 0 radical (unpaired) electrons. The number of carboxylic acid groups (broad SMARTS) is 1. The van der Waals surface area contributed by atoms with Crippen LogP contribution in [0.4, 0.5) is 5.82 Å². The molecule has 0 unspecified atom stereocenters. The van der Waals surface area contributed by atoms with Crippen LogP contribution in [0.25, 0.3) is 10.8 Å². The number of carbonyl (C=O) groups is 1. The Balaban J connectivity index is 2.44. The van der Waals surface area contributed by atoms with Crippen LogP contribution in [0.2, 0.25) is 0 Å². The van der Waals surface area contributed by atoms with Gasteiger partial charge in [-0.15, -0.1) is 0 Å². The van der Waals surface area contributed by atoms with Gasteiger partial charge in [0.25, 0.3) is 0 Å². The monoisotopic (exact) mass is 245 g/mol. The Morgan fingerprint density at radius 1 is 1.33 bits per heavy atom. The van der Waals surface area contributed by atoms with Crippen LogP contribution < -0.4 is 11.1 Å². The van der Waals surface area contributed by atoms with Crippen molar-refractivity contribution in [3.8, 4) is 0 Å². The third-order valence-corrected chi connectivity index (χ3v) is 2.70. The van der Waals surface area contributed by atoms with Crippen LogP contribution in [0, 0.1) is 0 Å². The molecule has 2 rings (SSSR count). The zero-order valence-corrected chi connectivity index (χ0v) is 9.89. The number of nitrogens with one attached hydrogen (secondary N) is 1. The third kappa shape index (κ3) is 2.41. The topological polar surface area (TPSA) is 88.2 Å². The predicted molar refractivity (Wildman–Crippen MR) is 70.9 cm³/mol. The SMILES string of the molecule is NCCCNc1ncc(C(=O)O)c2ccccc12. The van der Waals surface area contributed by atoms with E-state index in [1.165, 1.54) is 6.20 Å². The minimum Gasteiger partial charge on any atom is -0.478 e. The number of benzene rings is 1. The summed E-state index contributed by atoms with van der Waals surface area (Å²) in [5.41, 5.74) is 5.65. The summed E-state index contributed by atoms with van der Waals surface area (Å²) in [5.74, 6) is -0.267. The lowest BCUT2D eigenvalue weighted by Gasteiger charge is -2.09. The van der Waals surface area contributed by atoms with Gasteiger partial charge in [0.05, 0.1) is 5.56 Å². The summed E-state index contributed by atoms with van der Waals surface area (Å²) in [6.45, 7) is 1.33. The van der Waals surface area contributed by atoms with Gasteiger partial charge in [0.15, 0.2) is 0 Å². The van der Waals surface area contributed by atoms with Crippen LogP contribution in [0.1, 0.15) is 16.8 Å². The number of aromatic carboxylic acids is 1. The van der Waals surface area contributed by atoms with Crippen molar-refractivity contribution in [2.45, 2.75) is 6.42 Å².